The Bertz CT molecular complexity index is 597. The molecule has 1 unspecified atom stereocenters. The topological polar surface area (TPSA) is 20.3 Å². The molecule has 2 aromatic carbocycles. The van der Waals surface area contributed by atoms with E-state index in [4.69, 9.17) is 0 Å². The van der Waals surface area contributed by atoms with E-state index < -0.39 is 0 Å². The van der Waals surface area contributed by atoms with Crippen molar-refractivity contribution in [3.63, 3.8) is 0 Å². The Hall–Kier alpha value is -2.16. The number of carbonyl (C=O) groups excluding carboxylic acids is 1. The molecule has 3 heteroatoms. The van der Waals surface area contributed by atoms with Gasteiger partial charge in [-0.15, -0.1) is 0 Å². The Morgan fingerprint density at radius 1 is 1.05 bits per heavy atom. The van der Waals surface area contributed by atoms with Crippen molar-refractivity contribution in [1.29, 1.82) is 0 Å². The maximum atomic E-state index is 13.3. The number of amides is 1. The highest BCUT2D eigenvalue weighted by Gasteiger charge is 2.33. The summed E-state index contributed by atoms with van der Waals surface area (Å²) in [5.41, 5.74) is 1.73. The molecule has 96 valence electrons. The van der Waals surface area contributed by atoms with Gasteiger partial charge in [-0.2, -0.15) is 0 Å². The summed E-state index contributed by atoms with van der Waals surface area (Å²) in [5, 5.41) is 0. The highest BCUT2D eigenvalue weighted by molar-refractivity contribution is 5.96. The number of rotatable bonds is 2. The molecule has 1 atom stereocenters. The van der Waals surface area contributed by atoms with Crippen LogP contribution < -0.4 is 4.90 Å². The zero-order valence-corrected chi connectivity index (χ0v) is 10.4. The normalized spacial score (nSPS) is 18.9. The van der Waals surface area contributed by atoms with E-state index in [9.17, 15) is 9.18 Å². The van der Waals surface area contributed by atoms with Gasteiger partial charge >= 0.3 is 0 Å². The van der Waals surface area contributed by atoms with Crippen LogP contribution >= 0.6 is 0 Å². The van der Waals surface area contributed by atoms with Crippen LogP contribution in [0.1, 0.15) is 24.4 Å². The maximum absolute atomic E-state index is 13.3. The largest absolute Gasteiger partial charge is 0.305 e. The minimum Gasteiger partial charge on any atom is -0.305 e. The van der Waals surface area contributed by atoms with Gasteiger partial charge in [0.25, 0.3) is 0 Å². The molecule has 3 rings (SSSR count). The fourth-order valence-corrected chi connectivity index (χ4v) is 2.63. The lowest BCUT2D eigenvalue weighted by Gasteiger charge is -2.25. The van der Waals surface area contributed by atoms with Crippen LogP contribution in [-0.2, 0) is 4.79 Å². The average molecular weight is 255 g/mol. The molecule has 0 radical (unpaired) electrons. The van der Waals surface area contributed by atoms with E-state index in [0.29, 0.717) is 6.42 Å². The summed E-state index contributed by atoms with van der Waals surface area (Å²) in [6.07, 6.45) is 1.24. The first-order valence-electron chi connectivity index (χ1n) is 6.38. The minimum atomic E-state index is -0.259. The summed E-state index contributed by atoms with van der Waals surface area (Å²) in [4.78, 5) is 13.8. The summed E-state index contributed by atoms with van der Waals surface area (Å²) >= 11 is 0. The van der Waals surface area contributed by atoms with E-state index in [1.165, 1.54) is 12.1 Å². The summed E-state index contributed by atoms with van der Waals surface area (Å²) in [7, 11) is 0. The third-order valence-electron chi connectivity index (χ3n) is 3.48. The van der Waals surface area contributed by atoms with Crippen LogP contribution in [0.15, 0.2) is 54.6 Å². The van der Waals surface area contributed by atoms with Gasteiger partial charge in [0, 0.05) is 12.1 Å². The summed E-state index contributed by atoms with van der Waals surface area (Å²) < 4.78 is 13.3. The Morgan fingerprint density at radius 2 is 1.84 bits per heavy atom. The lowest BCUT2D eigenvalue weighted by Crippen LogP contribution is -2.27. The summed E-state index contributed by atoms with van der Waals surface area (Å²) in [5.74, 6) is -0.162. The Kier molecular flexibility index (Phi) is 3.03. The average Bonchev–Trinajstić information content (AvgIpc) is 2.82. The zero-order chi connectivity index (χ0) is 13.2. The van der Waals surface area contributed by atoms with Gasteiger partial charge in [0.1, 0.15) is 5.82 Å². The lowest BCUT2D eigenvalue weighted by molar-refractivity contribution is -0.117. The van der Waals surface area contributed by atoms with Gasteiger partial charge in [-0.25, -0.2) is 4.39 Å². The van der Waals surface area contributed by atoms with Gasteiger partial charge in [0.05, 0.1) is 6.04 Å². The second-order valence-corrected chi connectivity index (χ2v) is 4.71. The van der Waals surface area contributed by atoms with Crippen molar-refractivity contribution in [2.45, 2.75) is 18.9 Å². The molecule has 1 fully saturated rings. The molecule has 0 saturated carbocycles. The maximum Gasteiger partial charge on any atom is 0.227 e. The van der Waals surface area contributed by atoms with Gasteiger partial charge in [-0.05, 0) is 36.2 Å². The molecule has 1 aliphatic rings. The van der Waals surface area contributed by atoms with Gasteiger partial charge in [-0.3, -0.25) is 4.79 Å². The van der Waals surface area contributed by atoms with Crippen molar-refractivity contribution >= 4 is 11.6 Å². The first-order valence-corrected chi connectivity index (χ1v) is 6.38. The number of carbonyl (C=O) groups is 1. The molecular weight excluding hydrogens is 241 g/mol. The third kappa shape index (κ3) is 2.24. The number of nitrogens with zero attached hydrogens (tertiary/aromatic N) is 1. The second kappa shape index (κ2) is 4.84. The minimum absolute atomic E-state index is 0.0643. The van der Waals surface area contributed by atoms with Gasteiger partial charge in [-0.1, -0.05) is 30.3 Å². The molecule has 0 bridgehead atoms. The molecular formula is C16H14FNO. The number of halogens is 1. The number of benzene rings is 2. The molecule has 1 heterocycles. The van der Waals surface area contributed by atoms with Crippen molar-refractivity contribution in [2.24, 2.45) is 0 Å². The van der Waals surface area contributed by atoms with E-state index in [-0.39, 0.29) is 17.8 Å². The molecule has 2 aromatic rings. The fraction of sp³-hybridized carbons (Fsp3) is 0.188. The molecule has 1 saturated heterocycles. The Labute approximate surface area is 111 Å². The number of anilines is 1. The molecule has 0 aliphatic carbocycles. The van der Waals surface area contributed by atoms with E-state index in [1.807, 2.05) is 36.4 Å². The molecule has 1 aliphatic heterocycles. The van der Waals surface area contributed by atoms with E-state index in [1.54, 1.807) is 11.0 Å². The SMILES string of the molecule is O=C1CCC(c2cccc(F)c2)N1c1ccccc1. The summed E-state index contributed by atoms with van der Waals surface area (Å²) in [6, 6.07) is 16.0. The van der Waals surface area contributed by atoms with Crippen LogP contribution in [0.2, 0.25) is 0 Å². The third-order valence-corrected chi connectivity index (χ3v) is 3.48. The molecule has 19 heavy (non-hydrogen) atoms. The summed E-state index contributed by atoms with van der Waals surface area (Å²) in [6.45, 7) is 0. The fourth-order valence-electron chi connectivity index (χ4n) is 2.63. The zero-order valence-electron chi connectivity index (χ0n) is 10.4. The van der Waals surface area contributed by atoms with Gasteiger partial charge < -0.3 is 4.90 Å². The lowest BCUT2D eigenvalue weighted by atomic mass is 10.0. The van der Waals surface area contributed by atoms with Crippen LogP contribution in [0.4, 0.5) is 10.1 Å². The van der Waals surface area contributed by atoms with Crippen LogP contribution in [0.25, 0.3) is 0 Å². The van der Waals surface area contributed by atoms with Crippen molar-refractivity contribution in [2.75, 3.05) is 4.90 Å². The predicted molar refractivity (Wildman–Crippen MR) is 72.3 cm³/mol. The highest BCUT2D eigenvalue weighted by atomic mass is 19.1. The van der Waals surface area contributed by atoms with Gasteiger partial charge in [0.15, 0.2) is 0 Å². The van der Waals surface area contributed by atoms with E-state index in [0.717, 1.165) is 17.7 Å². The van der Waals surface area contributed by atoms with Crippen LogP contribution in [0.3, 0.4) is 0 Å². The molecule has 0 N–H and O–H groups in total. The second-order valence-electron chi connectivity index (χ2n) is 4.71. The van der Waals surface area contributed by atoms with Crippen LogP contribution in [-0.4, -0.2) is 5.91 Å². The van der Waals surface area contributed by atoms with Crippen LogP contribution in [0.5, 0.6) is 0 Å². The number of para-hydroxylation sites is 1. The van der Waals surface area contributed by atoms with Crippen LogP contribution in [0, 0.1) is 5.82 Å². The number of hydrogen-bond acceptors (Lipinski definition) is 1. The first-order chi connectivity index (χ1) is 9.25. The monoisotopic (exact) mass is 255 g/mol. The quantitative estimate of drug-likeness (QED) is 0.801. The highest BCUT2D eigenvalue weighted by Crippen LogP contribution is 2.36. The molecule has 0 aromatic heterocycles. The van der Waals surface area contributed by atoms with Crippen molar-refractivity contribution in [3.8, 4) is 0 Å². The molecule has 2 nitrogen and oxygen atoms in total. The van der Waals surface area contributed by atoms with E-state index in [2.05, 4.69) is 0 Å². The van der Waals surface area contributed by atoms with Crippen molar-refractivity contribution in [1.82, 2.24) is 0 Å². The van der Waals surface area contributed by atoms with Crippen molar-refractivity contribution in [3.05, 3.63) is 66.0 Å². The van der Waals surface area contributed by atoms with E-state index >= 15 is 0 Å². The predicted octanol–water partition coefficient (Wildman–Crippen LogP) is 3.69. The van der Waals surface area contributed by atoms with Gasteiger partial charge in [0.2, 0.25) is 5.91 Å². The smallest absolute Gasteiger partial charge is 0.227 e. The Balaban J connectivity index is 1.99. The first kappa shape index (κ1) is 11.9. The molecule has 0 spiro atoms. The molecule has 1 amide bonds. The number of hydrogen-bond donors (Lipinski definition) is 0. The Morgan fingerprint density at radius 3 is 2.58 bits per heavy atom. The standard InChI is InChI=1S/C16H14FNO/c17-13-6-4-5-12(11-13)15-9-10-16(19)18(15)14-7-2-1-3-8-14/h1-8,11,15H,9-10H2. The van der Waals surface area contributed by atoms with Crippen molar-refractivity contribution < 1.29 is 9.18 Å².